The van der Waals surface area contributed by atoms with Gasteiger partial charge in [0.15, 0.2) is 0 Å². The van der Waals surface area contributed by atoms with Gasteiger partial charge in [0.1, 0.15) is 6.04 Å². The van der Waals surface area contributed by atoms with Gasteiger partial charge in [-0.3, -0.25) is 14.5 Å². The molecule has 1 atom stereocenters. The molecular formula is C13H16N4O3. The van der Waals surface area contributed by atoms with Crippen LogP contribution in [0.1, 0.15) is 12.8 Å². The van der Waals surface area contributed by atoms with Crippen molar-refractivity contribution < 1.29 is 14.4 Å². The van der Waals surface area contributed by atoms with Crippen LogP contribution in [0.2, 0.25) is 0 Å². The Kier molecular flexibility index (Phi) is 3.88. The molecule has 7 heteroatoms. The lowest BCUT2D eigenvalue weighted by Gasteiger charge is -2.28. The molecule has 0 aliphatic carbocycles. The molecule has 1 unspecified atom stereocenters. The van der Waals surface area contributed by atoms with E-state index in [1.165, 1.54) is 7.05 Å². The number of urea groups is 1. The maximum Gasteiger partial charge on any atom is 0.319 e. The summed E-state index contributed by atoms with van der Waals surface area (Å²) in [6.07, 6.45) is 0.553. The van der Waals surface area contributed by atoms with E-state index in [-0.39, 0.29) is 12.3 Å². The molecule has 2 rings (SSSR count). The van der Waals surface area contributed by atoms with Crippen LogP contribution in [0.25, 0.3) is 0 Å². The molecule has 1 heterocycles. The smallest absolute Gasteiger partial charge is 0.319 e. The van der Waals surface area contributed by atoms with Crippen molar-refractivity contribution in [3.05, 3.63) is 24.3 Å². The molecule has 1 aliphatic heterocycles. The van der Waals surface area contributed by atoms with Crippen LogP contribution in [0, 0.1) is 0 Å². The lowest BCUT2D eigenvalue weighted by Crippen LogP contribution is -2.53. The van der Waals surface area contributed by atoms with Gasteiger partial charge in [-0.15, -0.1) is 0 Å². The third-order valence-electron chi connectivity index (χ3n) is 3.10. The molecule has 4 N–H and O–H groups in total. The van der Waals surface area contributed by atoms with Gasteiger partial charge in [0, 0.05) is 24.8 Å². The van der Waals surface area contributed by atoms with Gasteiger partial charge in [-0.05, 0) is 24.6 Å². The number of hydrogen-bond acceptors (Lipinski definition) is 4. The Morgan fingerprint density at radius 1 is 1.40 bits per heavy atom. The van der Waals surface area contributed by atoms with Crippen LogP contribution in [0.5, 0.6) is 0 Å². The third kappa shape index (κ3) is 3.05. The number of piperidine rings is 1. The Labute approximate surface area is 116 Å². The summed E-state index contributed by atoms with van der Waals surface area (Å²) < 4.78 is 0. The molecule has 106 valence electrons. The molecule has 1 aromatic rings. The zero-order valence-electron chi connectivity index (χ0n) is 11.1. The molecule has 0 radical (unpaired) electrons. The topological polar surface area (TPSA) is 105 Å². The summed E-state index contributed by atoms with van der Waals surface area (Å²) in [6.45, 7) is 0. The second-order valence-corrected chi connectivity index (χ2v) is 4.61. The second-order valence-electron chi connectivity index (χ2n) is 4.61. The van der Waals surface area contributed by atoms with E-state index in [1.54, 1.807) is 24.3 Å². The van der Waals surface area contributed by atoms with Gasteiger partial charge < -0.3 is 16.4 Å². The number of nitrogens with one attached hydrogen (secondary N) is 2. The first-order chi connectivity index (χ1) is 9.47. The number of anilines is 2. The largest absolute Gasteiger partial charge is 0.399 e. The van der Waals surface area contributed by atoms with Gasteiger partial charge >= 0.3 is 6.03 Å². The van der Waals surface area contributed by atoms with E-state index in [2.05, 4.69) is 10.6 Å². The van der Waals surface area contributed by atoms with Crippen LogP contribution >= 0.6 is 0 Å². The zero-order chi connectivity index (χ0) is 14.7. The highest BCUT2D eigenvalue weighted by molar-refractivity contribution is 6.02. The molecule has 0 bridgehead atoms. The first-order valence-electron chi connectivity index (χ1n) is 6.21. The fourth-order valence-electron chi connectivity index (χ4n) is 1.99. The van der Waals surface area contributed by atoms with Gasteiger partial charge in [-0.25, -0.2) is 4.79 Å². The van der Waals surface area contributed by atoms with Gasteiger partial charge in [0.05, 0.1) is 0 Å². The number of nitrogens with two attached hydrogens (primary N) is 1. The van der Waals surface area contributed by atoms with Crippen molar-refractivity contribution in [3.63, 3.8) is 0 Å². The van der Waals surface area contributed by atoms with E-state index in [0.29, 0.717) is 17.8 Å². The van der Waals surface area contributed by atoms with Gasteiger partial charge in [-0.2, -0.15) is 0 Å². The predicted octanol–water partition coefficient (Wildman–Crippen LogP) is 0.538. The summed E-state index contributed by atoms with van der Waals surface area (Å²) in [5.41, 5.74) is 6.67. The van der Waals surface area contributed by atoms with Crippen molar-refractivity contribution in [1.29, 1.82) is 0 Å². The highest BCUT2D eigenvalue weighted by Gasteiger charge is 2.32. The summed E-state index contributed by atoms with van der Waals surface area (Å²) in [5, 5.41) is 5.14. The Morgan fingerprint density at radius 3 is 2.85 bits per heavy atom. The standard InChI is InChI=1S/C13H16N4O3/c1-17-11(18)6-5-10(12(17)19)16-13(20)15-9-4-2-3-8(14)7-9/h2-4,7,10H,5-6,14H2,1H3,(H2,15,16,20). The number of likely N-dealkylation sites (tertiary alicyclic amines) is 1. The lowest BCUT2D eigenvalue weighted by atomic mass is 10.1. The lowest BCUT2D eigenvalue weighted by molar-refractivity contribution is -0.147. The average Bonchev–Trinajstić information content (AvgIpc) is 2.39. The maximum absolute atomic E-state index is 11.8. The summed E-state index contributed by atoms with van der Waals surface area (Å²) in [5.74, 6) is -0.631. The number of imide groups is 1. The zero-order valence-corrected chi connectivity index (χ0v) is 11.1. The van der Waals surface area contributed by atoms with Crippen molar-refractivity contribution in [1.82, 2.24) is 10.2 Å². The number of amides is 4. The highest BCUT2D eigenvalue weighted by atomic mass is 16.2. The van der Waals surface area contributed by atoms with E-state index in [4.69, 9.17) is 5.73 Å². The summed E-state index contributed by atoms with van der Waals surface area (Å²) in [7, 11) is 1.41. The predicted molar refractivity (Wildman–Crippen MR) is 73.8 cm³/mol. The van der Waals surface area contributed by atoms with Crippen LogP contribution in [-0.2, 0) is 9.59 Å². The molecule has 0 saturated carbocycles. The second kappa shape index (κ2) is 5.60. The van der Waals surface area contributed by atoms with Crippen LogP contribution in [0.4, 0.5) is 16.2 Å². The Bertz CT molecular complexity index is 558. The van der Waals surface area contributed by atoms with Crippen LogP contribution in [0.15, 0.2) is 24.3 Å². The molecule has 7 nitrogen and oxygen atoms in total. The Balaban J connectivity index is 1.95. The minimum absolute atomic E-state index is 0.232. The van der Waals surface area contributed by atoms with E-state index in [9.17, 15) is 14.4 Å². The van der Waals surface area contributed by atoms with Crippen LogP contribution < -0.4 is 16.4 Å². The fraction of sp³-hybridized carbons (Fsp3) is 0.308. The van der Waals surface area contributed by atoms with Crippen molar-refractivity contribution in [2.24, 2.45) is 0 Å². The number of carbonyl (C=O) groups is 3. The van der Waals surface area contributed by atoms with Crippen molar-refractivity contribution in [2.45, 2.75) is 18.9 Å². The SMILES string of the molecule is CN1C(=O)CCC(NC(=O)Nc2cccc(N)c2)C1=O. The summed E-state index contributed by atoms with van der Waals surface area (Å²) in [6, 6.07) is 5.53. The quantitative estimate of drug-likeness (QED) is 0.541. The average molecular weight is 276 g/mol. The van der Waals surface area contributed by atoms with E-state index in [1.807, 2.05) is 0 Å². The number of nitrogen functional groups attached to an aromatic ring is 1. The fourth-order valence-corrected chi connectivity index (χ4v) is 1.99. The molecule has 1 aromatic carbocycles. The van der Waals surface area contributed by atoms with Gasteiger partial charge in [-0.1, -0.05) is 6.07 Å². The number of hydrogen-bond donors (Lipinski definition) is 3. The number of likely N-dealkylation sites (N-methyl/N-ethyl adjacent to an activating group) is 1. The molecule has 1 aliphatic rings. The Hall–Kier alpha value is -2.57. The summed E-state index contributed by atoms with van der Waals surface area (Å²) in [4.78, 5) is 36.0. The minimum Gasteiger partial charge on any atom is -0.399 e. The van der Waals surface area contributed by atoms with Crippen molar-refractivity contribution in [2.75, 3.05) is 18.1 Å². The molecule has 1 fully saturated rings. The summed E-state index contributed by atoms with van der Waals surface area (Å²) >= 11 is 0. The van der Waals surface area contributed by atoms with Crippen LogP contribution in [-0.4, -0.2) is 35.8 Å². The Morgan fingerprint density at radius 2 is 2.15 bits per heavy atom. The van der Waals surface area contributed by atoms with Gasteiger partial charge in [0.25, 0.3) is 5.91 Å². The first-order valence-corrected chi connectivity index (χ1v) is 6.21. The minimum atomic E-state index is -0.682. The van der Waals surface area contributed by atoms with Crippen molar-refractivity contribution in [3.8, 4) is 0 Å². The number of rotatable bonds is 2. The van der Waals surface area contributed by atoms with E-state index < -0.39 is 18.0 Å². The third-order valence-corrected chi connectivity index (χ3v) is 3.10. The van der Waals surface area contributed by atoms with Crippen LogP contribution in [0.3, 0.4) is 0 Å². The molecule has 1 saturated heterocycles. The molecule has 20 heavy (non-hydrogen) atoms. The highest BCUT2D eigenvalue weighted by Crippen LogP contribution is 2.13. The number of benzene rings is 1. The monoisotopic (exact) mass is 276 g/mol. The number of nitrogens with zero attached hydrogens (tertiary/aromatic N) is 1. The first kappa shape index (κ1) is 13.9. The molecule has 0 spiro atoms. The van der Waals surface area contributed by atoms with Crippen molar-refractivity contribution >= 4 is 29.2 Å². The molecule has 0 aromatic heterocycles. The number of carbonyl (C=O) groups excluding carboxylic acids is 3. The molecule has 4 amide bonds. The normalized spacial score (nSPS) is 18.9. The van der Waals surface area contributed by atoms with E-state index in [0.717, 1.165) is 4.90 Å². The maximum atomic E-state index is 11.8. The molecular weight excluding hydrogens is 260 g/mol. The van der Waals surface area contributed by atoms with E-state index >= 15 is 0 Å². The van der Waals surface area contributed by atoms with Gasteiger partial charge in [0.2, 0.25) is 5.91 Å².